The van der Waals surface area contributed by atoms with Crippen molar-refractivity contribution >= 4 is 45.6 Å². The lowest BCUT2D eigenvalue weighted by Gasteiger charge is -2.22. The molecule has 2 aromatic heterocycles. The van der Waals surface area contributed by atoms with Gasteiger partial charge in [-0.2, -0.15) is 0 Å². The molecule has 0 saturated heterocycles. The number of benzene rings is 1. The Kier molecular flexibility index (Phi) is 6.24. The molecular weight excluding hydrogens is 412 g/mol. The number of hydrogen-bond acceptors (Lipinski definition) is 7. The van der Waals surface area contributed by atoms with Gasteiger partial charge in [0.15, 0.2) is 10.8 Å². The number of thiazole rings is 1. The highest BCUT2D eigenvalue weighted by Crippen LogP contribution is 2.37. The molecule has 9 heteroatoms. The van der Waals surface area contributed by atoms with Crippen LogP contribution in [0, 0.1) is 20.8 Å². The Balaban J connectivity index is 1.79. The number of aromatic nitrogens is 3. The first-order valence-electron chi connectivity index (χ1n) is 8.74. The highest BCUT2D eigenvalue weighted by molar-refractivity contribution is 7.14. The van der Waals surface area contributed by atoms with Crippen LogP contribution < -0.4 is 4.90 Å². The SMILES string of the molecule is CC(=O)N(c1nc(COC(=O)c2cnc(C)cn2)cs1)c1c(C)cc(C)cc1Cl. The fourth-order valence-electron chi connectivity index (χ4n) is 2.76. The quantitative estimate of drug-likeness (QED) is 0.552. The lowest BCUT2D eigenvalue weighted by Crippen LogP contribution is -2.24. The molecule has 0 bridgehead atoms. The van der Waals surface area contributed by atoms with Crippen LogP contribution in [0.2, 0.25) is 5.02 Å². The van der Waals surface area contributed by atoms with Gasteiger partial charge in [-0.15, -0.1) is 11.3 Å². The van der Waals surface area contributed by atoms with E-state index in [1.807, 2.05) is 19.9 Å². The van der Waals surface area contributed by atoms with Crippen LogP contribution in [0.1, 0.15) is 39.9 Å². The number of ether oxygens (including phenoxy) is 1. The van der Waals surface area contributed by atoms with Crippen LogP contribution in [0.4, 0.5) is 10.8 Å². The first-order chi connectivity index (χ1) is 13.8. The zero-order valence-electron chi connectivity index (χ0n) is 16.4. The normalized spacial score (nSPS) is 10.7. The van der Waals surface area contributed by atoms with Gasteiger partial charge in [-0.05, 0) is 38.0 Å². The highest BCUT2D eigenvalue weighted by Gasteiger charge is 2.23. The molecule has 0 N–H and O–H groups in total. The number of carbonyl (C=O) groups is 2. The third kappa shape index (κ3) is 4.78. The van der Waals surface area contributed by atoms with E-state index in [0.717, 1.165) is 11.1 Å². The second-order valence-corrected chi connectivity index (χ2v) is 7.75. The summed E-state index contributed by atoms with van der Waals surface area (Å²) in [6.45, 7) is 7.02. The molecule has 0 aliphatic heterocycles. The van der Waals surface area contributed by atoms with E-state index >= 15 is 0 Å². The molecule has 1 amide bonds. The number of halogens is 1. The number of aryl methyl sites for hydroxylation is 3. The number of carbonyl (C=O) groups excluding carboxylic acids is 2. The zero-order chi connectivity index (χ0) is 21.1. The number of rotatable bonds is 5. The maximum Gasteiger partial charge on any atom is 0.358 e. The van der Waals surface area contributed by atoms with Crippen LogP contribution in [-0.2, 0) is 16.1 Å². The summed E-state index contributed by atoms with van der Waals surface area (Å²) in [5.74, 6) is -0.806. The summed E-state index contributed by atoms with van der Waals surface area (Å²) in [6.07, 6.45) is 2.86. The molecule has 150 valence electrons. The van der Waals surface area contributed by atoms with Crippen molar-refractivity contribution in [2.75, 3.05) is 4.90 Å². The molecular formula is C20H19ClN4O3S. The van der Waals surface area contributed by atoms with Gasteiger partial charge >= 0.3 is 5.97 Å². The molecule has 0 radical (unpaired) electrons. The highest BCUT2D eigenvalue weighted by atomic mass is 35.5. The predicted octanol–water partition coefficient (Wildman–Crippen LogP) is 4.55. The third-order valence-electron chi connectivity index (χ3n) is 4.01. The average Bonchev–Trinajstić information content (AvgIpc) is 3.11. The molecule has 0 aliphatic carbocycles. The van der Waals surface area contributed by atoms with E-state index in [1.165, 1.54) is 35.6 Å². The fraction of sp³-hybridized carbons (Fsp3) is 0.250. The standard InChI is InChI=1S/C20H19ClN4O3S/c1-11-5-12(2)18(16(21)6-11)25(14(4)26)20-24-15(10-29-20)9-28-19(27)17-8-22-13(3)7-23-17/h5-8,10H,9H2,1-4H3. The summed E-state index contributed by atoms with van der Waals surface area (Å²) >= 11 is 7.68. The monoisotopic (exact) mass is 430 g/mol. The van der Waals surface area contributed by atoms with Crippen molar-refractivity contribution in [3.05, 3.63) is 63.1 Å². The second kappa shape index (κ2) is 8.67. The van der Waals surface area contributed by atoms with Gasteiger partial charge in [-0.3, -0.25) is 14.7 Å². The van der Waals surface area contributed by atoms with E-state index in [0.29, 0.717) is 27.2 Å². The van der Waals surface area contributed by atoms with Gasteiger partial charge in [0.1, 0.15) is 6.61 Å². The number of anilines is 2. The Hall–Kier alpha value is -2.84. The molecule has 3 aromatic rings. The molecule has 3 rings (SSSR count). The minimum absolute atomic E-state index is 0.0444. The van der Waals surface area contributed by atoms with E-state index in [9.17, 15) is 9.59 Å². The molecule has 0 atom stereocenters. The van der Waals surface area contributed by atoms with Gasteiger partial charge < -0.3 is 4.74 Å². The predicted molar refractivity (Wildman–Crippen MR) is 112 cm³/mol. The van der Waals surface area contributed by atoms with E-state index in [-0.39, 0.29) is 18.2 Å². The molecule has 7 nitrogen and oxygen atoms in total. The topological polar surface area (TPSA) is 85.3 Å². The minimum atomic E-state index is -0.590. The Labute approximate surface area is 177 Å². The van der Waals surface area contributed by atoms with Crippen molar-refractivity contribution in [3.8, 4) is 0 Å². The van der Waals surface area contributed by atoms with Crippen LogP contribution in [0.5, 0.6) is 0 Å². The molecule has 29 heavy (non-hydrogen) atoms. The van der Waals surface area contributed by atoms with Crippen LogP contribution >= 0.6 is 22.9 Å². The Morgan fingerprint density at radius 1 is 1.17 bits per heavy atom. The van der Waals surface area contributed by atoms with Gasteiger partial charge in [0, 0.05) is 18.5 Å². The molecule has 2 heterocycles. The first kappa shape index (κ1) is 20.9. The van der Waals surface area contributed by atoms with Crippen molar-refractivity contribution in [3.63, 3.8) is 0 Å². The van der Waals surface area contributed by atoms with Crippen molar-refractivity contribution < 1.29 is 14.3 Å². The smallest absolute Gasteiger partial charge is 0.358 e. The largest absolute Gasteiger partial charge is 0.454 e. The summed E-state index contributed by atoms with van der Waals surface area (Å²) in [4.78, 5) is 38.4. The van der Waals surface area contributed by atoms with Crippen LogP contribution in [-0.4, -0.2) is 26.8 Å². The Bertz CT molecular complexity index is 1040. The van der Waals surface area contributed by atoms with Crippen LogP contribution in [0.25, 0.3) is 0 Å². The lowest BCUT2D eigenvalue weighted by atomic mass is 10.1. The lowest BCUT2D eigenvalue weighted by molar-refractivity contribution is -0.115. The minimum Gasteiger partial charge on any atom is -0.454 e. The maximum atomic E-state index is 12.4. The number of nitrogens with zero attached hydrogens (tertiary/aromatic N) is 4. The molecule has 1 aromatic carbocycles. The Morgan fingerprint density at radius 3 is 2.55 bits per heavy atom. The summed E-state index contributed by atoms with van der Waals surface area (Å²) in [7, 11) is 0. The molecule has 0 spiro atoms. The third-order valence-corrected chi connectivity index (χ3v) is 5.17. The number of amides is 1. The van der Waals surface area contributed by atoms with E-state index in [2.05, 4.69) is 15.0 Å². The summed E-state index contributed by atoms with van der Waals surface area (Å²) in [5.41, 5.74) is 3.82. The number of esters is 1. The first-order valence-corrected chi connectivity index (χ1v) is 9.99. The van der Waals surface area contributed by atoms with Crippen molar-refractivity contribution in [2.45, 2.75) is 34.3 Å². The van der Waals surface area contributed by atoms with Gasteiger partial charge in [0.05, 0.1) is 28.3 Å². The van der Waals surface area contributed by atoms with E-state index < -0.39 is 5.97 Å². The Morgan fingerprint density at radius 2 is 1.93 bits per heavy atom. The van der Waals surface area contributed by atoms with Crippen LogP contribution in [0.15, 0.2) is 29.9 Å². The summed E-state index contributed by atoms with van der Waals surface area (Å²) < 4.78 is 5.25. The summed E-state index contributed by atoms with van der Waals surface area (Å²) in [6, 6.07) is 3.76. The van der Waals surface area contributed by atoms with Crippen molar-refractivity contribution in [1.29, 1.82) is 0 Å². The fourth-order valence-corrected chi connectivity index (χ4v) is 4.02. The molecule has 0 unspecified atom stereocenters. The second-order valence-electron chi connectivity index (χ2n) is 6.51. The van der Waals surface area contributed by atoms with E-state index in [4.69, 9.17) is 16.3 Å². The van der Waals surface area contributed by atoms with Gasteiger partial charge in [0.2, 0.25) is 5.91 Å². The molecule has 0 saturated carbocycles. The van der Waals surface area contributed by atoms with Gasteiger partial charge in [-0.1, -0.05) is 17.7 Å². The van der Waals surface area contributed by atoms with Crippen molar-refractivity contribution in [2.24, 2.45) is 0 Å². The molecule has 0 aliphatic rings. The number of hydrogen-bond donors (Lipinski definition) is 0. The average molecular weight is 431 g/mol. The van der Waals surface area contributed by atoms with Crippen molar-refractivity contribution in [1.82, 2.24) is 15.0 Å². The van der Waals surface area contributed by atoms with Gasteiger partial charge in [0.25, 0.3) is 0 Å². The summed E-state index contributed by atoms with van der Waals surface area (Å²) in [5, 5.41) is 2.66. The molecule has 0 fully saturated rings. The van der Waals surface area contributed by atoms with Crippen LogP contribution in [0.3, 0.4) is 0 Å². The van der Waals surface area contributed by atoms with E-state index in [1.54, 1.807) is 18.4 Å². The zero-order valence-corrected chi connectivity index (χ0v) is 18.0. The maximum absolute atomic E-state index is 12.4. The van der Waals surface area contributed by atoms with Gasteiger partial charge in [-0.25, -0.2) is 14.8 Å².